The number of nitrogens with one attached hydrogen (secondary N) is 1. The molecule has 25 heavy (non-hydrogen) atoms. The van der Waals surface area contributed by atoms with Crippen LogP contribution in [0.3, 0.4) is 0 Å². The van der Waals surface area contributed by atoms with Gasteiger partial charge in [-0.2, -0.15) is 0 Å². The molecule has 1 aliphatic rings. The summed E-state index contributed by atoms with van der Waals surface area (Å²) < 4.78 is 0. The predicted molar refractivity (Wildman–Crippen MR) is 103 cm³/mol. The number of hydrogen-bond acceptors (Lipinski definition) is 5. The molecule has 1 N–H and O–H groups in total. The second-order valence-electron chi connectivity index (χ2n) is 6.07. The predicted octanol–water partition coefficient (Wildman–Crippen LogP) is 4.53. The lowest BCUT2D eigenvalue weighted by Gasteiger charge is -2.27. The maximum atomic E-state index is 12.8. The Kier molecular flexibility index (Phi) is 5.81. The van der Waals surface area contributed by atoms with Gasteiger partial charge in [-0.15, -0.1) is 0 Å². The van der Waals surface area contributed by atoms with Crippen LogP contribution in [0.1, 0.15) is 35.2 Å². The van der Waals surface area contributed by atoms with Crippen molar-refractivity contribution in [3.63, 3.8) is 0 Å². The first-order valence-electron chi connectivity index (χ1n) is 8.32. The number of carbonyl (C=O) groups excluding carboxylic acids is 1. The summed E-state index contributed by atoms with van der Waals surface area (Å²) in [6, 6.07) is 7.46. The van der Waals surface area contributed by atoms with Gasteiger partial charge >= 0.3 is 0 Å². The molecule has 0 bridgehead atoms. The number of halogens is 1. The fraction of sp³-hybridized carbons (Fsp3) is 0.389. The van der Waals surface area contributed by atoms with Crippen molar-refractivity contribution in [2.75, 3.05) is 24.7 Å². The average molecular weight is 377 g/mol. The molecular weight excluding hydrogens is 356 g/mol. The number of aromatic nitrogens is 2. The van der Waals surface area contributed by atoms with Crippen molar-refractivity contribution >= 4 is 40.8 Å². The van der Waals surface area contributed by atoms with Crippen molar-refractivity contribution in [2.45, 2.75) is 31.3 Å². The van der Waals surface area contributed by atoms with Crippen molar-refractivity contribution in [1.82, 2.24) is 14.9 Å². The number of piperidine rings is 1. The molecule has 0 aliphatic carbocycles. The van der Waals surface area contributed by atoms with Crippen LogP contribution in [0.2, 0.25) is 5.15 Å². The van der Waals surface area contributed by atoms with Crippen LogP contribution >= 0.6 is 23.4 Å². The summed E-state index contributed by atoms with van der Waals surface area (Å²) >= 11 is 7.47. The molecule has 1 aromatic heterocycles. The van der Waals surface area contributed by atoms with Gasteiger partial charge in [0.05, 0.1) is 0 Å². The molecule has 0 saturated carbocycles. The molecule has 1 aliphatic heterocycles. The Hall–Kier alpha value is -1.79. The van der Waals surface area contributed by atoms with Gasteiger partial charge in [-0.1, -0.05) is 29.4 Å². The summed E-state index contributed by atoms with van der Waals surface area (Å²) in [5, 5.41) is 4.22. The zero-order valence-corrected chi connectivity index (χ0v) is 16.0. The van der Waals surface area contributed by atoms with Crippen molar-refractivity contribution in [3.8, 4) is 0 Å². The number of nitrogens with zero attached hydrogens (tertiary/aromatic N) is 3. The molecule has 1 amide bonds. The van der Waals surface area contributed by atoms with Crippen molar-refractivity contribution in [2.24, 2.45) is 0 Å². The van der Waals surface area contributed by atoms with Gasteiger partial charge in [-0.05, 0) is 50.1 Å². The summed E-state index contributed by atoms with van der Waals surface area (Å²) in [7, 11) is 0. The Morgan fingerprint density at radius 3 is 2.68 bits per heavy atom. The third-order valence-electron chi connectivity index (χ3n) is 4.24. The first-order chi connectivity index (χ1) is 12.1. The molecule has 2 aromatic rings. The van der Waals surface area contributed by atoms with E-state index in [0.29, 0.717) is 16.1 Å². The third kappa shape index (κ3) is 4.44. The Morgan fingerprint density at radius 1 is 1.20 bits per heavy atom. The highest BCUT2D eigenvalue weighted by atomic mass is 35.5. The van der Waals surface area contributed by atoms with Gasteiger partial charge in [0.1, 0.15) is 11.0 Å². The van der Waals surface area contributed by atoms with E-state index in [4.69, 9.17) is 11.6 Å². The zero-order valence-electron chi connectivity index (χ0n) is 14.4. The van der Waals surface area contributed by atoms with E-state index >= 15 is 0 Å². The molecule has 1 fully saturated rings. The van der Waals surface area contributed by atoms with Crippen LogP contribution in [0.15, 0.2) is 29.4 Å². The van der Waals surface area contributed by atoms with Gasteiger partial charge in [-0.25, -0.2) is 9.97 Å². The lowest BCUT2D eigenvalue weighted by molar-refractivity contribution is 0.0723. The molecule has 5 nitrogen and oxygen atoms in total. The number of rotatable bonds is 4. The molecule has 2 heterocycles. The minimum absolute atomic E-state index is 0.103. The van der Waals surface area contributed by atoms with Crippen LogP contribution in [-0.4, -0.2) is 40.1 Å². The highest BCUT2D eigenvalue weighted by molar-refractivity contribution is 7.98. The summed E-state index contributed by atoms with van der Waals surface area (Å²) in [5.41, 5.74) is 2.52. The SMILES string of the molecule is CSc1nc(Cl)cc(Nc2ccc(C)c(C(=O)N3CCCCC3)c2)n1. The monoisotopic (exact) mass is 376 g/mol. The Morgan fingerprint density at radius 2 is 1.96 bits per heavy atom. The maximum Gasteiger partial charge on any atom is 0.254 e. The second kappa shape index (κ2) is 8.06. The molecule has 0 spiro atoms. The molecule has 7 heteroatoms. The fourth-order valence-electron chi connectivity index (χ4n) is 2.90. The Labute approximate surface area is 157 Å². The molecule has 132 valence electrons. The van der Waals surface area contributed by atoms with Crippen LogP contribution in [0.25, 0.3) is 0 Å². The minimum atomic E-state index is 0.103. The van der Waals surface area contributed by atoms with Crippen LogP contribution < -0.4 is 5.32 Å². The summed E-state index contributed by atoms with van der Waals surface area (Å²) in [6.45, 7) is 3.65. The van der Waals surface area contributed by atoms with E-state index in [2.05, 4.69) is 15.3 Å². The van der Waals surface area contributed by atoms with Crippen LogP contribution in [0, 0.1) is 6.92 Å². The van der Waals surface area contributed by atoms with Gasteiger partial charge in [-0.3, -0.25) is 4.79 Å². The molecule has 0 unspecified atom stereocenters. The summed E-state index contributed by atoms with van der Waals surface area (Å²) in [6.07, 6.45) is 5.27. The zero-order chi connectivity index (χ0) is 17.8. The number of hydrogen-bond donors (Lipinski definition) is 1. The molecule has 0 atom stereocenters. The molecule has 0 radical (unpaired) electrons. The largest absolute Gasteiger partial charge is 0.340 e. The average Bonchev–Trinajstić information content (AvgIpc) is 2.63. The smallest absolute Gasteiger partial charge is 0.254 e. The number of likely N-dealkylation sites (tertiary alicyclic amines) is 1. The van der Waals surface area contributed by atoms with Crippen LogP contribution in [-0.2, 0) is 0 Å². The topological polar surface area (TPSA) is 58.1 Å². The Balaban J connectivity index is 1.84. The minimum Gasteiger partial charge on any atom is -0.340 e. The first kappa shape index (κ1) is 18.0. The van der Waals surface area contributed by atoms with E-state index in [1.165, 1.54) is 18.2 Å². The number of carbonyl (C=O) groups is 1. The summed E-state index contributed by atoms with van der Waals surface area (Å²) in [5.74, 6) is 0.718. The highest BCUT2D eigenvalue weighted by Crippen LogP contribution is 2.24. The molecule has 1 saturated heterocycles. The lowest BCUT2D eigenvalue weighted by Crippen LogP contribution is -2.35. The van der Waals surface area contributed by atoms with E-state index in [9.17, 15) is 4.79 Å². The van der Waals surface area contributed by atoms with E-state index in [1.54, 1.807) is 6.07 Å². The van der Waals surface area contributed by atoms with Gasteiger partial charge < -0.3 is 10.2 Å². The number of anilines is 2. The number of amides is 1. The molecular formula is C18H21ClN4OS. The molecule has 3 rings (SSSR count). The lowest BCUT2D eigenvalue weighted by atomic mass is 10.0. The van der Waals surface area contributed by atoms with Gasteiger partial charge in [0, 0.05) is 30.4 Å². The van der Waals surface area contributed by atoms with Gasteiger partial charge in [0.2, 0.25) is 0 Å². The second-order valence-corrected chi connectivity index (χ2v) is 7.23. The van der Waals surface area contributed by atoms with E-state index in [0.717, 1.165) is 42.7 Å². The quantitative estimate of drug-likeness (QED) is 0.482. The fourth-order valence-corrected chi connectivity index (χ4v) is 3.51. The number of thioether (sulfide) groups is 1. The van der Waals surface area contributed by atoms with Gasteiger partial charge in [0.25, 0.3) is 5.91 Å². The van der Waals surface area contributed by atoms with E-state index < -0.39 is 0 Å². The number of aryl methyl sites for hydroxylation is 1. The Bertz CT molecular complexity index is 778. The maximum absolute atomic E-state index is 12.8. The first-order valence-corrected chi connectivity index (χ1v) is 9.92. The number of benzene rings is 1. The summed E-state index contributed by atoms with van der Waals surface area (Å²) in [4.78, 5) is 23.3. The van der Waals surface area contributed by atoms with Crippen molar-refractivity contribution in [1.29, 1.82) is 0 Å². The van der Waals surface area contributed by atoms with Crippen molar-refractivity contribution < 1.29 is 4.79 Å². The highest BCUT2D eigenvalue weighted by Gasteiger charge is 2.20. The van der Waals surface area contributed by atoms with Crippen LogP contribution in [0.5, 0.6) is 0 Å². The standard InChI is InChI=1S/C18H21ClN4OS/c1-12-6-7-13(20-16-11-15(19)21-18(22-16)25-2)10-14(12)17(24)23-8-4-3-5-9-23/h6-7,10-11H,3-5,8-9H2,1-2H3,(H,20,21,22). The van der Waals surface area contributed by atoms with E-state index in [1.807, 2.05) is 36.3 Å². The van der Waals surface area contributed by atoms with Crippen LogP contribution in [0.4, 0.5) is 11.5 Å². The normalized spacial score (nSPS) is 14.4. The third-order valence-corrected chi connectivity index (χ3v) is 4.98. The van der Waals surface area contributed by atoms with Gasteiger partial charge in [0.15, 0.2) is 5.16 Å². The van der Waals surface area contributed by atoms with E-state index in [-0.39, 0.29) is 5.91 Å². The molecule has 1 aromatic carbocycles. The van der Waals surface area contributed by atoms with Crippen molar-refractivity contribution in [3.05, 3.63) is 40.5 Å².